The van der Waals surface area contributed by atoms with Crippen molar-refractivity contribution in [2.24, 2.45) is 10.9 Å². The fourth-order valence-electron chi connectivity index (χ4n) is 1.71. The summed E-state index contributed by atoms with van der Waals surface area (Å²) in [6, 6.07) is 6.08. The lowest BCUT2D eigenvalue weighted by Crippen LogP contribution is -2.09. The largest absolute Gasteiger partial charge is 0.474 e. The van der Waals surface area contributed by atoms with E-state index in [1.54, 1.807) is 6.20 Å². The molecule has 2 heterocycles. The van der Waals surface area contributed by atoms with Gasteiger partial charge in [-0.15, -0.1) is 0 Å². The maximum Gasteiger partial charge on any atom is 0.235 e. The van der Waals surface area contributed by atoms with Crippen LogP contribution in [0.2, 0.25) is 0 Å². The van der Waals surface area contributed by atoms with Crippen LogP contribution >= 0.6 is 0 Å². The van der Waals surface area contributed by atoms with Crippen LogP contribution in [0.4, 0.5) is 0 Å². The average molecular weight is 204 g/mol. The van der Waals surface area contributed by atoms with Crippen molar-refractivity contribution in [3.8, 4) is 0 Å². The highest BCUT2D eigenvalue weighted by atomic mass is 16.5. The van der Waals surface area contributed by atoms with E-state index >= 15 is 0 Å². The molecule has 1 aromatic rings. The van der Waals surface area contributed by atoms with Gasteiger partial charge in [-0.25, -0.2) is 4.99 Å². The van der Waals surface area contributed by atoms with Gasteiger partial charge < -0.3 is 4.74 Å². The summed E-state index contributed by atoms with van der Waals surface area (Å²) in [7, 11) is 0. The van der Waals surface area contributed by atoms with Crippen LogP contribution in [0.25, 0.3) is 0 Å². The first-order valence-corrected chi connectivity index (χ1v) is 5.37. The summed E-state index contributed by atoms with van der Waals surface area (Å²) in [5.74, 6) is 1.35. The minimum atomic E-state index is 0.307. The quantitative estimate of drug-likeness (QED) is 0.757. The molecule has 1 aliphatic heterocycles. The minimum Gasteiger partial charge on any atom is -0.474 e. The highest BCUT2D eigenvalue weighted by Crippen LogP contribution is 2.16. The molecule has 0 N–H and O–H groups in total. The van der Waals surface area contributed by atoms with Crippen molar-refractivity contribution in [2.45, 2.75) is 26.3 Å². The Labute approximate surface area is 90.2 Å². The lowest BCUT2D eigenvalue weighted by Gasteiger charge is -2.06. The molecule has 80 valence electrons. The van der Waals surface area contributed by atoms with E-state index in [0.717, 1.165) is 12.1 Å². The van der Waals surface area contributed by atoms with E-state index in [4.69, 9.17) is 4.74 Å². The van der Waals surface area contributed by atoms with Crippen molar-refractivity contribution in [1.82, 2.24) is 4.98 Å². The summed E-state index contributed by atoms with van der Waals surface area (Å²) >= 11 is 0. The maximum atomic E-state index is 5.54. The Morgan fingerprint density at radius 3 is 3.00 bits per heavy atom. The zero-order valence-corrected chi connectivity index (χ0v) is 9.18. The van der Waals surface area contributed by atoms with E-state index in [2.05, 4.69) is 23.8 Å². The number of aromatic nitrogens is 1. The van der Waals surface area contributed by atoms with Gasteiger partial charge in [0.25, 0.3) is 0 Å². The fourth-order valence-corrected chi connectivity index (χ4v) is 1.71. The summed E-state index contributed by atoms with van der Waals surface area (Å²) in [6.07, 6.45) is 2.84. The summed E-state index contributed by atoms with van der Waals surface area (Å²) in [4.78, 5) is 8.75. The van der Waals surface area contributed by atoms with E-state index in [9.17, 15) is 0 Å². The first kappa shape index (κ1) is 10.1. The highest BCUT2D eigenvalue weighted by Gasteiger charge is 2.21. The van der Waals surface area contributed by atoms with Crippen LogP contribution in [0.1, 0.15) is 26.0 Å². The summed E-state index contributed by atoms with van der Waals surface area (Å²) in [5, 5.41) is 0. The number of ether oxygens (including phenoxy) is 1. The summed E-state index contributed by atoms with van der Waals surface area (Å²) in [5.41, 5.74) is 0.837. The number of hydrogen-bond donors (Lipinski definition) is 0. The molecule has 0 amide bonds. The van der Waals surface area contributed by atoms with Crippen LogP contribution in [0, 0.1) is 5.92 Å². The molecule has 0 saturated carbocycles. The van der Waals surface area contributed by atoms with E-state index in [1.807, 2.05) is 18.2 Å². The molecule has 0 fully saturated rings. The van der Waals surface area contributed by atoms with Gasteiger partial charge in [0, 0.05) is 6.20 Å². The third kappa shape index (κ3) is 2.55. The van der Waals surface area contributed by atoms with Gasteiger partial charge >= 0.3 is 0 Å². The van der Waals surface area contributed by atoms with Crippen LogP contribution in [-0.4, -0.2) is 23.5 Å². The van der Waals surface area contributed by atoms with Gasteiger partial charge in [-0.2, -0.15) is 0 Å². The fraction of sp³-hybridized carbons (Fsp3) is 0.500. The van der Waals surface area contributed by atoms with Crippen molar-refractivity contribution in [1.29, 1.82) is 0 Å². The first-order chi connectivity index (χ1) is 7.25. The maximum absolute atomic E-state index is 5.54. The number of aliphatic imine (C=N–C) groups is 1. The second-order valence-electron chi connectivity index (χ2n) is 4.24. The molecule has 0 spiro atoms. The molecular formula is C12H16N2O. The Bertz CT molecular complexity index is 346. The van der Waals surface area contributed by atoms with Gasteiger partial charge in [0.15, 0.2) is 0 Å². The SMILES string of the molecule is CC(C)C[C@@H]1COC(c2ccccn2)=N1. The number of hydrogen-bond acceptors (Lipinski definition) is 3. The molecule has 0 unspecified atom stereocenters. The van der Waals surface area contributed by atoms with Crippen molar-refractivity contribution in [3.05, 3.63) is 30.1 Å². The number of pyridine rings is 1. The molecule has 1 aliphatic rings. The van der Waals surface area contributed by atoms with Crippen LogP contribution in [-0.2, 0) is 4.74 Å². The Hall–Kier alpha value is -1.38. The molecule has 3 nitrogen and oxygen atoms in total. The smallest absolute Gasteiger partial charge is 0.235 e. The molecule has 0 aliphatic carbocycles. The minimum absolute atomic E-state index is 0.307. The Morgan fingerprint density at radius 2 is 2.33 bits per heavy atom. The molecule has 0 saturated heterocycles. The predicted molar refractivity (Wildman–Crippen MR) is 60.0 cm³/mol. The molecule has 1 aromatic heterocycles. The van der Waals surface area contributed by atoms with Crippen LogP contribution in [0.3, 0.4) is 0 Å². The van der Waals surface area contributed by atoms with Crippen molar-refractivity contribution < 1.29 is 4.74 Å². The second-order valence-corrected chi connectivity index (χ2v) is 4.24. The van der Waals surface area contributed by atoms with Crippen LogP contribution in [0.15, 0.2) is 29.4 Å². The standard InChI is InChI=1S/C12H16N2O/c1-9(2)7-10-8-15-12(14-10)11-5-3-4-6-13-11/h3-6,9-10H,7-8H2,1-2H3/t10-/m1/s1. The van der Waals surface area contributed by atoms with E-state index < -0.39 is 0 Å². The van der Waals surface area contributed by atoms with Gasteiger partial charge in [-0.05, 0) is 24.5 Å². The molecule has 2 rings (SSSR count). The summed E-state index contributed by atoms with van der Waals surface area (Å²) in [6.45, 7) is 5.10. The molecule has 0 bridgehead atoms. The lowest BCUT2D eigenvalue weighted by molar-refractivity contribution is 0.301. The highest BCUT2D eigenvalue weighted by molar-refractivity contribution is 5.93. The monoisotopic (exact) mass is 204 g/mol. The van der Waals surface area contributed by atoms with Gasteiger partial charge in [-0.3, -0.25) is 4.98 Å². The van der Waals surface area contributed by atoms with Crippen LogP contribution < -0.4 is 0 Å². The zero-order valence-electron chi connectivity index (χ0n) is 9.18. The molecule has 0 aromatic carbocycles. The molecule has 3 heteroatoms. The third-order valence-electron chi connectivity index (χ3n) is 2.34. The predicted octanol–water partition coefficient (Wildman–Crippen LogP) is 2.27. The second kappa shape index (κ2) is 4.43. The van der Waals surface area contributed by atoms with Gasteiger partial charge in [0.05, 0.1) is 6.04 Å². The number of nitrogens with zero attached hydrogens (tertiary/aromatic N) is 2. The van der Waals surface area contributed by atoms with Gasteiger partial charge in [0.2, 0.25) is 5.90 Å². The van der Waals surface area contributed by atoms with E-state index in [0.29, 0.717) is 24.5 Å². The van der Waals surface area contributed by atoms with Crippen molar-refractivity contribution >= 4 is 5.90 Å². The Morgan fingerprint density at radius 1 is 1.47 bits per heavy atom. The molecular weight excluding hydrogens is 188 g/mol. The third-order valence-corrected chi connectivity index (χ3v) is 2.34. The van der Waals surface area contributed by atoms with Gasteiger partial charge in [0.1, 0.15) is 12.3 Å². The van der Waals surface area contributed by atoms with Crippen molar-refractivity contribution in [2.75, 3.05) is 6.61 Å². The van der Waals surface area contributed by atoms with Crippen molar-refractivity contribution in [3.63, 3.8) is 0 Å². The van der Waals surface area contributed by atoms with E-state index in [-0.39, 0.29) is 0 Å². The number of rotatable bonds is 3. The lowest BCUT2D eigenvalue weighted by atomic mass is 10.1. The summed E-state index contributed by atoms with van der Waals surface area (Å²) < 4.78 is 5.54. The molecule has 1 atom stereocenters. The zero-order chi connectivity index (χ0) is 10.7. The van der Waals surface area contributed by atoms with E-state index in [1.165, 1.54) is 0 Å². The molecule has 15 heavy (non-hydrogen) atoms. The van der Waals surface area contributed by atoms with Crippen LogP contribution in [0.5, 0.6) is 0 Å². The Kier molecular flexibility index (Phi) is 2.99. The topological polar surface area (TPSA) is 34.5 Å². The van der Waals surface area contributed by atoms with Gasteiger partial charge in [-0.1, -0.05) is 19.9 Å². The Balaban J connectivity index is 2.07. The average Bonchev–Trinajstić information content (AvgIpc) is 2.67. The normalized spacial score (nSPS) is 20.2. The molecule has 0 radical (unpaired) electrons. The first-order valence-electron chi connectivity index (χ1n) is 5.37.